The molecule has 5 nitrogen and oxygen atoms in total. The van der Waals surface area contributed by atoms with E-state index < -0.39 is 11.7 Å². The molecule has 1 N–H and O–H groups in total. The fraction of sp³-hybridized carbons (Fsp3) is 0.467. The number of nitrogens with zero attached hydrogens (tertiary/aromatic N) is 1. The smallest absolute Gasteiger partial charge is 0.407 e. The molecule has 20 heavy (non-hydrogen) atoms. The van der Waals surface area contributed by atoms with Crippen LogP contribution in [0, 0.1) is 11.3 Å². The van der Waals surface area contributed by atoms with Gasteiger partial charge in [-0.15, -0.1) is 0 Å². The summed E-state index contributed by atoms with van der Waals surface area (Å²) in [6, 6.07) is 9.02. The van der Waals surface area contributed by atoms with Gasteiger partial charge < -0.3 is 14.8 Å². The van der Waals surface area contributed by atoms with Crippen LogP contribution in [0.25, 0.3) is 0 Å². The predicted octanol–water partition coefficient (Wildman–Crippen LogP) is 2.85. The molecule has 0 fully saturated rings. The van der Waals surface area contributed by atoms with Gasteiger partial charge in [0.25, 0.3) is 0 Å². The van der Waals surface area contributed by atoms with E-state index >= 15 is 0 Å². The zero-order chi connectivity index (χ0) is 15.0. The highest BCUT2D eigenvalue weighted by molar-refractivity contribution is 5.67. The van der Waals surface area contributed by atoms with Gasteiger partial charge in [-0.3, -0.25) is 0 Å². The summed E-state index contributed by atoms with van der Waals surface area (Å²) < 4.78 is 10.6. The first-order chi connectivity index (χ1) is 9.40. The number of rotatable bonds is 5. The molecule has 1 aromatic rings. The van der Waals surface area contributed by atoms with E-state index in [4.69, 9.17) is 14.7 Å². The maximum absolute atomic E-state index is 11.4. The number of alkyl carbamates (subject to hydrolysis) is 1. The second kappa shape index (κ2) is 7.39. The van der Waals surface area contributed by atoms with Crippen LogP contribution in [-0.4, -0.2) is 24.8 Å². The molecule has 0 saturated carbocycles. The number of ether oxygens (including phenoxy) is 2. The van der Waals surface area contributed by atoms with Crippen molar-refractivity contribution in [1.82, 2.24) is 5.32 Å². The highest BCUT2D eigenvalue weighted by Gasteiger charge is 2.15. The van der Waals surface area contributed by atoms with E-state index in [9.17, 15) is 4.79 Å². The van der Waals surface area contributed by atoms with Gasteiger partial charge in [0.2, 0.25) is 0 Å². The van der Waals surface area contributed by atoms with E-state index in [1.165, 1.54) is 0 Å². The maximum Gasteiger partial charge on any atom is 0.407 e. The Balaban J connectivity index is 2.19. The van der Waals surface area contributed by atoms with Crippen molar-refractivity contribution in [3.63, 3.8) is 0 Å². The van der Waals surface area contributed by atoms with Crippen molar-refractivity contribution < 1.29 is 14.3 Å². The Bertz CT molecular complexity index is 487. The number of benzene rings is 1. The molecule has 0 aromatic heterocycles. The summed E-state index contributed by atoms with van der Waals surface area (Å²) in [5.74, 6) is 0.654. The van der Waals surface area contributed by atoms with Crippen LogP contribution in [0.2, 0.25) is 0 Å². The third kappa shape index (κ3) is 6.64. The first kappa shape index (κ1) is 15.8. The average molecular weight is 276 g/mol. The number of hydrogen-bond donors (Lipinski definition) is 1. The molecule has 0 aliphatic heterocycles. The van der Waals surface area contributed by atoms with E-state index in [0.29, 0.717) is 30.9 Å². The predicted molar refractivity (Wildman–Crippen MR) is 75.5 cm³/mol. The van der Waals surface area contributed by atoms with Crippen molar-refractivity contribution in [2.45, 2.75) is 32.8 Å². The molecule has 1 amide bonds. The molecule has 5 heteroatoms. The fourth-order valence-corrected chi connectivity index (χ4v) is 1.42. The lowest BCUT2D eigenvalue weighted by molar-refractivity contribution is 0.0525. The van der Waals surface area contributed by atoms with Gasteiger partial charge >= 0.3 is 6.09 Å². The zero-order valence-electron chi connectivity index (χ0n) is 12.1. The number of carbonyl (C=O) groups excluding carboxylic acids is 1. The van der Waals surface area contributed by atoms with Crippen LogP contribution in [-0.2, 0) is 4.74 Å². The van der Waals surface area contributed by atoms with Crippen LogP contribution in [0.4, 0.5) is 4.79 Å². The number of nitrogens with one attached hydrogen (secondary N) is 1. The van der Waals surface area contributed by atoms with Gasteiger partial charge in [0.1, 0.15) is 11.4 Å². The second-order valence-electron chi connectivity index (χ2n) is 5.27. The first-order valence-corrected chi connectivity index (χ1v) is 6.50. The third-order valence-electron chi connectivity index (χ3n) is 2.22. The Labute approximate surface area is 119 Å². The van der Waals surface area contributed by atoms with Crippen molar-refractivity contribution in [1.29, 1.82) is 5.26 Å². The molecular weight excluding hydrogens is 256 g/mol. The number of carbonyl (C=O) groups is 1. The van der Waals surface area contributed by atoms with Gasteiger partial charge in [0.15, 0.2) is 0 Å². The molecular formula is C15H20N2O3. The Morgan fingerprint density at radius 3 is 2.80 bits per heavy atom. The summed E-state index contributed by atoms with van der Waals surface area (Å²) in [4.78, 5) is 11.4. The van der Waals surface area contributed by atoms with Gasteiger partial charge in [0, 0.05) is 6.54 Å². The monoisotopic (exact) mass is 276 g/mol. The molecule has 1 aromatic carbocycles. The lowest BCUT2D eigenvalue weighted by Crippen LogP contribution is -2.33. The van der Waals surface area contributed by atoms with Crippen LogP contribution in [0.3, 0.4) is 0 Å². The Hall–Kier alpha value is -2.22. The molecule has 0 heterocycles. The molecule has 1 rings (SSSR count). The number of amides is 1. The van der Waals surface area contributed by atoms with Crippen LogP contribution in [0.1, 0.15) is 32.8 Å². The van der Waals surface area contributed by atoms with E-state index in [2.05, 4.69) is 11.4 Å². The minimum Gasteiger partial charge on any atom is -0.493 e. The largest absolute Gasteiger partial charge is 0.493 e. The molecule has 0 spiro atoms. The van der Waals surface area contributed by atoms with Crippen molar-refractivity contribution in [2.75, 3.05) is 13.2 Å². The SMILES string of the molecule is CC(C)(C)OC(=O)NCCCOc1cccc(C#N)c1. The van der Waals surface area contributed by atoms with Crippen LogP contribution in [0.5, 0.6) is 5.75 Å². The van der Waals surface area contributed by atoms with E-state index in [1.807, 2.05) is 20.8 Å². The van der Waals surface area contributed by atoms with Crippen LogP contribution < -0.4 is 10.1 Å². The highest BCUT2D eigenvalue weighted by Crippen LogP contribution is 2.12. The summed E-state index contributed by atoms with van der Waals surface area (Å²) in [5.41, 5.74) is 0.0765. The summed E-state index contributed by atoms with van der Waals surface area (Å²) in [6.45, 7) is 6.39. The summed E-state index contributed by atoms with van der Waals surface area (Å²) in [5, 5.41) is 11.4. The van der Waals surface area contributed by atoms with E-state index in [1.54, 1.807) is 24.3 Å². The normalized spacial score (nSPS) is 10.5. The highest BCUT2D eigenvalue weighted by atomic mass is 16.6. The number of hydrogen-bond acceptors (Lipinski definition) is 4. The van der Waals surface area contributed by atoms with Crippen molar-refractivity contribution in [2.24, 2.45) is 0 Å². The Morgan fingerprint density at radius 2 is 2.15 bits per heavy atom. The molecule has 0 atom stereocenters. The molecule has 0 aliphatic rings. The third-order valence-corrected chi connectivity index (χ3v) is 2.22. The van der Waals surface area contributed by atoms with Gasteiger partial charge in [-0.05, 0) is 45.4 Å². The van der Waals surface area contributed by atoms with Gasteiger partial charge in [0.05, 0.1) is 18.2 Å². The van der Waals surface area contributed by atoms with Crippen molar-refractivity contribution >= 4 is 6.09 Å². The van der Waals surface area contributed by atoms with Crippen LogP contribution >= 0.6 is 0 Å². The van der Waals surface area contributed by atoms with Crippen molar-refractivity contribution in [3.05, 3.63) is 29.8 Å². The fourth-order valence-electron chi connectivity index (χ4n) is 1.42. The van der Waals surface area contributed by atoms with Crippen LogP contribution in [0.15, 0.2) is 24.3 Å². The minimum absolute atomic E-state index is 0.427. The average Bonchev–Trinajstić information content (AvgIpc) is 2.36. The first-order valence-electron chi connectivity index (χ1n) is 6.50. The topological polar surface area (TPSA) is 71.3 Å². The molecule has 0 saturated heterocycles. The Kier molecular flexibility index (Phi) is 5.85. The lowest BCUT2D eigenvalue weighted by Gasteiger charge is -2.19. The zero-order valence-corrected chi connectivity index (χ0v) is 12.1. The lowest BCUT2D eigenvalue weighted by atomic mass is 10.2. The van der Waals surface area contributed by atoms with E-state index in [0.717, 1.165) is 0 Å². The maximum atomic E-state index is 11.4. The molecule has 0 bridgehead atoms. The minimum atomic E-state index is -0.488. The summed E-state index contributed by atoms with van der Waals surface area (Å²) in [7, 11) is 0. The van der Waals surface area contributed by atoms with Gasteiger partial charge in [-0.2, -0.15) is 5.26 Å². The van der Waals surface area contributed by atoms with Crippen molar-refractivity contribution in [3.8, 4) is 11.8 Å². The summed E-state index contributed by atoms with van der Waals surface area (Å²) >= 11 is 0. The molecule has 0 aliphatic carbocycles. The van der Waals surface area contributed by atoms with E-state index in [-0.39, 0.29) is 0 Å². The standard InChI is InChI=1S/C15H20N2O3/c1-15(2,3)20-14(18)17-8-5-9-19-13-7-4-6-12(10-13)11-16/h4,6-7,10H,5,8-9H2,1-3H3,(H,17,18). The second-order valence-corrected chi connectivity index (χ2v) is 5.27. The Morgan fingerprint density at radius 1 is 1.40 bits per heavy atom. The molecule has 108 valence electrons. The van der Waals surface area contributed by atoms with Gasteiger partial charge in [-0.1, -0.05) is 6.07 Å². The molecule has 0 unspecified atom stereocenters. The quantitative estimate of drug-likeness (QED) is 0.839. The summed E-state index contributed by atoms with van der Waals surface area (Å²) in [6.07, 6.45) is 0.236. The number of nitriles is 1. The van der Waals surface area contributed by atoms with Gasteiger partial charge in [-0.25, -0.2) is 4.79 Å². The molecule has 0 radical (unpaired) electrons.